The highest BCUT2D eigenvalue weighted by Crippen LogP contribution is 2.65. The molecule has 0 radical (unpaired) electrons. The lowest BCUT2D eigenvalue weighted by Gasteiger charge is -2.58. The van der Waals surface area contributed by atoms with Gasteiger partial charge in [-0.3, -0.25) is 0 Å². The van der Waals surface area contributed by atoms with E-state index in [2.05, 4.69) is 44.7 Å². The predicted molar refractivity (Wildman–Crippen MR) is 114 cm³/mol. The summed E-state index contributed by atoms with van der Waals surface area (Å²) >= 11 is 0. The first-order valence-electron chi connectivity index (χ1n) is 11.2. The van der Waals surface area contributed by atoms with Crippen LogP contribution in [0.5, 0.6) is 0 Å². The van der Waals surface area contributed by atoms with E-state index >= 15 is 0 Å². The number of nitrogens with zero attached hydrogens (tertiary/aromatic N) is 1. The van der Waals surface area contributed by atoms with E-state index in [4.69, 9.17) is 9.26 Å². The van der Waals surface area contributed by atoms with Gasteiger partial charge in [0.25, 0.3) is 0 Å². The summed E-state index contributed by atoms with van der Waals surface area (Å²) < 4.78 is 6.72. The Hall–Kier alpha value is -0.613. The Balaban J connectivity index is 1.58. The van der Waals surface area contributed by atoms with E-state index in [-0.39, 0.29) is 0 Å². The minimum Gasteiger partial charge on any atom is -0.414 e. The summed E-state index contributed by atoms with van der Waals surface area (Å²) in [6.45, 7) is 12.2. The van der Waals surface area contributed by atoms with Crippen molar-refractivity contribution in [2.24, 2.45) is 33.7 Å². The quantitative estimate of drug-likeness (QED) is 0.427. The van der Waals surface area contributed by atoms with Crippen LogP contribution in [-0.2, 0) is 9.26 Å². The third kappa shape index (κ3) is 3.25. The van der Waals surface area contributed by atoms with Gasteiger partial charge in [-0.2, -0.15) is 0 Å². The Bertz CT molecular complexity index is 651. The van der Waals surface area contributed by atoms with Crippen LogP contribution in [0.1, 0.15) is 65.2 Å². The van der Waals surface area contributed by atoms with Gasteiger partial charge in [0.1, 0.15) is 7.11 Å². The average Bonchev–Trinajstić information content (AvgIpc) is 2.90. The van der Waals surface area contributed by atoms with Gasteiger partial charge < -0.3 is 9.26 Å². The first kappa shape index (κ1) is 19.7. The number of fused-ring (bicyclic) bond motifs is 5. The molecule has 0 aromatic heterocycles. The third-order valence-electron chi connectivity index (χ3n) is 8.59. The molecule has 0 amide bonds. The number of hydrogen-bond donors (Lipinski definition) is 0. The first-order chi connectivity index (χ1) is 12.7. The topological polar surface area (TPSA) is 30.8 Å². The standard InChI is InChI=1S/C23H39NO2Si/c1-22-13-11-17(24-25-3)15-16(22)7-8-18-19-9-10-21(26-27(4,5)6)23(19,2)14-12-20(18)22/h15,18-21H,7-14H2,1-6H3/b24-17+/t18?,19?,20?,21-,22-,23-/m0/s1. The fourth-order valence-electron chi connectivity index (χ4n) is 7.33. The van der Waals surface area contributed by atoms with E-state index in [1.807, 2.05) is 0 Å². The molecule has 0 spiro atoms. The molecule has 4 rings (SSSR count). The molecular formula is C23H39NO2Si. The largest absolute Gasteiger partial charge is 0.414 e. The Kier molecular flexibility index (Phi) is 4.90. The van der Waals surface area contributed by atoms with Crippen molar-refractivity contribution < 1.29 is 9.26 Å². The average molecular weight is 390 g/mol. The number of hydrogen-bond acceptors (Lipinski definition) is 3. The lowest BCUT2D eigenvalue weighted by atomic mass is 9.47. The number of allylic oxidation sites excluding steroid dienone is 2. The minimum absolute atomic E-state index is 0.384. The maximum atomic E-state index is 6.72. The van der Waals surface area contributed by atoms with Gasteiger partial charge in [-0.15, -0.1) is 0 Å². The summed E-state index contributed by atoms with van der Waals surface area (Å²) in [5.41, 5.74) is 3.60. The van der Waals surface area contributed by atoms with Crippen LogP contribution in [0.15, 0.2) is 16.8 Å². The van der Waals surface area contributed by atoms with Gasteiger partial charge >= 0.3 is 0 Å². The van der Waals surface area contributed by atoms with Gasteiger partial charge in [0.2, 0.25) is 0 Å². The molecule has 0 aliphatic heterocycles. The van der Waals surface area contributed by atoms with Crippen molar-refractivity contribution in [2.75, 3.05) is 7.11 Å². The van der Waals surface area contributed by atoms with E-state index in [0.717, 1.165) is 29.9 Å². The molecule has 0 N–H and O–H groups in total. The Morgan fingerprint density at radius 1 is 1.00 bits per heavy atom. The van der Waals surface area contributed by atoms with Crippen LogP contribution in [-0.4, -0.2) is 27.2 Å². The van der Waals surface area contributed by atoms with Crippen LogP contribution in [0.2, 0.25) is 19.6 Å². The van der Waals surface area contributed by atoms with Crippen LogP contribution in [0.4, 0.5) is 0 Å². The SMILES string of the molecule is CO/N=C1/C=C2CCC3C(CC[C@@]4(C)C3CC[C@@H]4O[Si](C)(C)C)[C@@]2(C)CC1. The smallest absolute Gasteiger partial charge is 0.184 e. The normalized spacial score (nSPS) is 45.7. The van der Waals surface area contributed by atoms with Crippen LogP contribution in [0.25, 0.3) is 0 Å². The highest BCUT2D eigenvalue weighted by Gasteiger charge is 2.59. The molecule has 3 fully saturated rings. The molecule has 4 aliphatic rings. The molecule has 27 heavy (non-hydrogen) atoms. The molecule has 0 heterocycles. The van der Waals surface area contributed by atoms with E-state index in [9.17, 15) is 0 Å². The predicted octanol–water partition coefficient (Wildman–Crippen LogP) is 6.17. The lowest BCUT2D eigenvalue weighted by molar-refractivity contribution is -0.0675. The molecule has 4 aliphatic carbocycles. The maximum Gasteiger partial charge on any atom is 0.184 e. The zero-order chi connectivity index (χ0) is 19.4. The van der Waals surface area contributed by atoms with Crippen molar-refractivity contribution in [3.05, 3.63) is 11.6 Å². The number of oxime groups is 1. The summed E-state index contributed by atoms with van der Waals surface area (Å²) in [5, 5.41) is 4.25. The van der Waals surface area contributed by atoms with E-state index in [0.29, 0.717) is 16.9 Å². The molecule has 0 saturated heterocycles. The minimum atomic E-state index is -1.48. The summed E-state index contributed by atoms with van der Waals surface area (Å²) in [4.78, 5) is 5.05. The van der Waals surface area contributed by atoms with Crippen LogP contribution in [0.3, 0.4) is 0 Å². The molecule has 3 nitrogen and oxygen atoms in total. The van der Waals surface area contributed by atoms with Crippen LogP contribution >= 0.6 is 0 Å². The Morgan fingerprint density at radius 3 is 2.48 bits per heavy atom. The van der Waals surface area contributed by atoms with Crippen molar-refractivity contribution in [3.8, 4) is 0 Å². The second kappa shape index (κ2) is 6.72. The summed E-state index contributed by atoms with van der Waals surface area (Å²) in [7, 11) is 0.182. The zero-order valence-corrected chi connectivity index (χ0v) is 19.3. The molecule has 6 atom stereocenters. The molecule has 3 saturated carbocycles. The molecule has 4 heteroatoms. The van der Waals surface area contributed by atoms with Gasteiger partial charge in [0.15, 0.2) is 8.32 Å². The molecule has 0 aromatic carbocycles. The second-order valence-corrected chi connectivity index (χ2v) is 15.6. The molecule has 3 unspecified atom stereocenters. The van der Waals surface area contributed by atoms with Crippen LogP contribution in [0, 0.1) is 28.6 Å². The third-order valence-corrected chi connectivity index (χ3v) is 9.59. The van der Waals surface area contributed by atoms with E-state index in [1.54, 1.807) is 12.7 Å². The number of rotatable bonds is 3. The fraction of sp³-hybridized carbons (Fsp3) is 0.870. The molecular weight excluding hydrogens is 350 g/mol. The monoisotopic (exact) mass is 389 g/mol. The molecule has 152 valence electrons. The molecule has 0 bridgehead atoms. The summed E-state index contributed by atoms with van der Waals surface area (Å²) in [6, 6.07) is 0. The summed E-state index contributed by atoms with van der Waals surface area (Å²) in [6.07, 6.45) is 13.2. The van der Waals surface area contributed by atoms with Crippen molar-refractivity contribution in [3.63, 3.8) is 0 Å². The van der Waals surface area contributed by atoms with Gasteiger partial charge in [0.05, 0.1) is 11.8 Å². The highest BCUT2D eigenvalue weighted by atomic mass is 28.4. The highest BCUT2D eigenvalue weighted by molar-refractivity contribution is 6.69. The second-order valence-electron chi connectivity index (χ2n) is 11.1. The van der Waals surface area contributed by atoms with Crippen molar-refractivity contribution in [2.45, 2.75) is 91.0 Å². The Morgan fingerprint density at radius 2 is 1.78 bits per heavy atom. The van der Waals surface area contributed by atoms with Crippen molar-refractivity contribution >= 4 is 14.0 Å². The van der Waals surface area contributed by atoms with Crippen LogP contribution < -0.4 is 0 Å². The maximum absolute atomic E-state index is 6.72. The van der Waals surface area contributed by atoms with E-state index < -0.39 is 8.32 Å². The fourth-order valence-corrected chi connectivity index (χ4v) is 8.57. The first-order valence-corrected chi connectivity index (χ1v) is 14.6. The van der Waals surface area contributed by atoms with Gasteiger partial charge in [-0.25, -0.2) is 0 Å². The van der Waals surface area contributed by atoms with Gasteiger partial charge in [0, 0.05) is 0 Å². The van der Waals surface area contributed by atoms with E-state index in [1.165, 1.54) is 44.9 Å². The lowest BCUT2D eigenvalue weighted by Crippen LogP contribution is -2.52. The van der Waals surface area contributed by atoms with Crippen molar-refractivity contribution in [1.29, 1.82) is 0 Å². The Labute approximate surface area is 167 Å². The van der Waals surface area contributed by atoms with Gasteiger partial charge in [-0.1, -0.05) is 24.6 Å². The molecule has 0 aromatic rings. The van der Waals surface area contributed by atoms with Gasteiger partial charge in [-0.05, 0) is 106 Å². The summed E-state index contributed by atoms with van der Waals surface area (Å²) in [5.74, 6) is 2.61. The zero-order valence-electron chi connectivity index (χ0n) is 18.3. The van der Waals surface area contributed by atoms with Crippen molar-refractivity contribution in [1.82, 2.24) is 0 Å².